The van der Waals surface area contributed by atoms with E-state index < -0.39 is 11.1 Å². The zero-order valence-electron chi connectivity index (χ0n) is 7.84. The minimum Gasteiger partial charge on any atom is -0.336 e. The molecular formula is C7H10N3O5. The monoisotopic (exact) mass is 216 g/mol. The van der Waals surface area contributed by atoms with E-state index in [-0.39, 0.29) is 19.1 Å². The quantitative estimate of drug-likeness (QED) is 0.394. The number of hydrogen-bond donors (Lipinski definition) is 1. The first-order valence-corrected chi connectivity index (χ1v) is 4.32. The zero-order chi connectivity index (χ0) is 11.3. The lowest BCUT2D eigenvalue weighted by molar-refractivity contribution is -0.757. The largest absolute Gasteiger partial charge is 0.336 e. The molecule has 0 atom stereocenters. The van der Waals surface area contributed by atoms with Gasteiger partial charge in [0.05, 0.1) is 6.54 Å². The molecule has 0 spiro atoms. The Balaban J connectivity index is 2.18. The minimum atomic E-state index is -0.945. The first-order chi connectivity index (χ1) is 7.11. The molecule has 0 aromatic carbocycles. The van der Waals surface area contributed by atoms with Crippen LogP contribution in [0.4, 0.5) is 4.79 Å². The number of likely N-dealkylation sites (tertiary alicyclic amines) is 1. The van der Waals surface area contributed by atoms with Crippen LogP contribution in [0.5, 0.6) is 0 Å². The predicted octanol–water partition coefficient (Wildman–Crippen LogP) is -0.312. The van der Waals surface area contributed by atoms with Gasteiger partial charge >= 0.3 is 6.03 Å². The average Bonchev–Trinajstić information content (AvgIpc) is 2.58. The normalized spacial score (nSPS) is 15.2. The van der Waals surface area contributed by atoms with Crippen LogP contribution < -0.4 is 5.32 Å². The second-order valence-corrected chi connectivity index (χ2v) is 2.77. The summed E-state index contributed by atoms with van der Waals surface area (Å²) in [7, 11) is 0. The van der Waals surface area contributed by atoms with Crippen molar-refractivity contribution in [1.29, 1.82) is 0 Å². The third-order valence-electron chi connectivity index (χ3n) is 1.73. The number of nitrogens with one attached hydrogen (secondary N) is 1. The van der Waals surface area contributed by atoms with Gasteiger partial charge in [0.2, 0.25) is 5.91 Å². The van der Waals surface area contributed by atoms with E-state index in [0.717, 1.165) is 4.90 Å². The first kappa shape index (κ1) is 11.2. The first-order valence-electron chi connectivity index (χ1n) is 4.32. The molecule has 3 amide bonds. The van der Waals surface area contributed by atoms with Crippen molar-refractivity contribution in [2.75, 3.05) is 13.2 Å². The van der Waals surface area contributed by atoms with E-state index >= 15 is 0 Å². The SMILES string of the molecule is O=C1CC[CH]N1C(=O)NCCO[N+](=O)[O-]. The fourth-order valence-electron chi connectivity index (χ4n) is 1.10. The number of carbonyl (C=O) groups is 2. The van der Waals surface area contributed by atoms with Crippen LogP contribution in [0.2, 0.25) is 0 Å². The zero-order valence-corrected chi connectivity index (χ0v) is 7.84. The van der Waals surface area contributed by atoms with E-state index in [0.29, 0.717) is 12.8 Å². The number of hydrogen-bond acceptors (Lipinski definition) is 5. The maximum atomic E-state index is 11.2. The maximum Gasteiger partial charge on any atom is 0.324 e. The van der Waals surface area contributed by atoms with Crippen molar-refractivity contribution in [1.82, 2.24) is 10.2 Å². The van der Waals surface area contributed by atoms with E-state index in [2.05, 4.69) is 10.2 Å². The van der Waals surface area contributed by atoms with Crippen LogP contribution in [0.3, 0.4) is 0 Å². The Bertz CT molecular complexity index is 280. The predicted molar refractivity (Wildman–Crippen MR) is 46.7 cm³/mol. The van der Waals surface area contributed by atoms with Gasteiger partial charge in [0, 0.05) is 13.0 Å². The van der Waals surface area contributed by atoms with Gasteiger partial charge in [-0.1, -0.05) is 0 Å². The van der Waals surface area contributed by atoms with E-state index in [1.165, 1.54) is 6.54 Å². The molecule has 0 unspecified atom stereocenters. The van der Waals surface area contributed by atoms with Crippen molar-refractivity contribution in [3.63, 3.8) is 0 Å². The van der Waals surface area contributed by atoms with Gasteiger partial charge in [0.25, 0.3) is 5.09 Å². The third-order valence-corrected chi connectivity index (χ3v) is 1.73. The number of nitrogens with zero attached hydrogens (tertiary/aromatic N) is 2. The molecule has 0 saturated carbocycles. The summed E-state index contributed by atoms with van der Waals surface area (Å²) in [4.78, 5) is 37.0. The Labute approximate surface area is 85.3 Å². The number of imide groups is 1. The number of amides is 3. The van der Waals surface area contributed by atoms with Crippen LogP contribution in [0.15, 0.2) is 0 Å². The van der Waals surface area contributed by atoms with Crippen LogP contribution in [0.25, 0.3) is 0 Å². The molecule has 83 valence electrons. The lowest BCUT2D eigenvalue weighted by atomic mass is 10.4. The topological polar surface area (TPSA) is 102 Å². The molecule has 0 aromatic heterocycles. The third kappa shape index (κ3) is 3.41. The fourth-order valence-corrected chi connectivity index (χ4v) is 1.10. The molecule has 1 aliphatic heterocycles. The summed E-state index contributed by atoms with van der Waals surface area (Å²) < 4.78 is 0. The van der Waals surface area contributed by atoms with Crippen molar-refractivity contribution >= 4 is 11.9 Å². The summed E-state index contributed by atoms with van der Waals surface area (Å²) in [6.45, 7) is 1.23. The fraction of sp³-hybridized carbons (Fsp3) is 0.571. The van der Waals surface area contributed by atoms with E-state index in [4.69, 9.17) is 0 Å². The summed E-state index contributed by atoms with van der Waals surface area (Å²) >= 11 is 0. The van der Waals surface area contributed by atoms with E-state index in [1.54, 1.807) is 0 Å². The maximum absolute atomic E-state index is 11.2. The summed E-state index contributed by atoms with van der Waals surface area (Å²) in [6.07, 6.45) is 0.858. The van der Waals surface area contributed by atoms with Crippen molar-refractivity contribution in [2.45, 2.75) is 12.8 Å². The van der Waals surface area contributed by atoms with Gasteiger partial charge in [-0.2, -0.15) is 0 Å². The molecule has 8 heteroatoms. The van der Waals surface area contributed by atoms with Crippen LogP contribution in [-0.2, 0) is 9.63 Å². The van der Waals surface area contributed by atoms with Crippen molar-refractivity contribution in [2.24, 2.45) is 0 Å². The lowest BCUT2D eigenvalue weighted by Crippen LogP contribution is -2.40. The van der Waals surface area contributed by atoms with Crippen LogP contribution >= 0.6 is 0 Å². The standard InChI is InChI=1S/C7H10N3O5/c11-6-2-1-4-9(6)7(12)8-3-5-15-10(13)14/h4H,1-3,5H2,(H,8,12). The molecule has 8 nitrogen and oxygen atoms in total. The van der Waals surface area contributed by atoms with Gasteiger partial charge in [-0.3, -0.25) is 9.69 Å². The van der Waals surface area contributed by atoms with E-state index in [9.17, 15) is 19.7 Å². The molecule has 1 aliphatic rings. The molecule has 0 aromatic rings. The van der Waals surface area contributed by atoms with Gasteiger partial charge in [-0.15, -0.1) is 10.1 Å². The van der Waals surface area contributed by atoms with Gasteiger partial charge in [0.1, 0.15) is 6.61 Å². The van der Waals surface area contributed by atoms with Crippen LogP contribution in [-0.4, -0.2) is 35.1 Å². The van der Waals surface area contributed by atoms with Gasteiger partial charge in [-0.05, 0) is 6.42 Å². The molecule has 1 rings (SSSR count). The highest BCUT2D eigenvalue weighted by Gasteiger charge is 2.26. The lowest BCUT2D eigenvalue weighted by Gasteiger charge is -2.13. The Morgan fingerprint density at radius 2 is 2.47 bits per heavy atom. The van der Waals surface area contributed by atoms with Crippen molar-refractivity contribution in [3.8, 4) is 0 Å². The van der Waals surface area contributed by atoms with Crippen LogP contribution in [0.1, 0.15) is 12.8 Å². The average molecular weight is 216 g/mol. The van der Waals surface area contributed by atoms with Gasteiger partial charge in [-0.25, -0.2) is 4.79 Å². The van der Waals surface area contributed by atoms with Gasteiger partial charge < -0.3 is 10.2 Å². The Hall–Kier alpha value is -1.86. The second kappa shape index (κ2) is 5.13. The molecule has 1 radical (unpaired) electrons. The Morgan fingerprint density at radius 3 is 3.00 bits per heavy atom. The molecule has 1 saturated heterocycles. The Morgan fingerprint density at radius 1 is 1.73 bits per heavy atom. The molecule has 15 heavy (non-hydrogen) atoms. The molecule has 0 bridgehead atoms. The van der Waals surface area contributed by atoms with Gasteiger partial charge in [0.15, 0.2) is 0 Å². The summed E-state index contributed by atoms with van der Waals surface area (Å²) in [5.74, 6) is -0.275. The number of urea groups is 1. The molecule has 0 aliphatic carbocycles. The minimum absolute atomic E-state index is 0.0164. The molecular weight excluding hydrogens is 206 g/mol. The highest BCUT2D eigenvalue weighted by Crippen LogP contribution is 2.13. The summed E-state index contributed by atoms with van der Waals surface area (Å²) in [5, 5.41) is 11.1. The van der Waals surface area contributed by atoms with Crippen molar-refractivity contribution in [3.05, 3.63) is 16.7 Å². The van der Waals surface area contributed by atoms with E-state index in [1.807, 2.05) is 0 Å². The Kier molecular flexibility index (Phi) is 3.83. The highest BCUT2D eigenvalue weighted by atomic mass is 16.9. The number of carbonyl (C=O) groups excluding carboxylic acids is 2. The summed E-state index contributed by atoms with van der Waals surface area (Å²) in [6, 6.07) is -0.579. The molecule has 1 N–H and O–H groups in total. The number of rotatable bonds is 4. The summed E-state index contributed by atoms with van der Waals surface area (Å²) in [5.41, 5.74) is 0. The highest BCUT2D eigenvalue weighted by molar-refractivity contribution is 5.96. The second-order valence-electron chi connectivity index (χ2n) is 2.77. The van der Waals surface area contributed by atoms with Crippen LogP contribution in [0, 0.1) is 16.7 Å². The van der Waals surface area contributed by atoms with Crippen molar-refractivity contribution < 1.29 is 19.5 Å². The molecule has 1 heterocycles. The molecule has 1 fully saturated rings. The smallest absolute Gasteiger partial charge is 0.324 e.